The molecule has 8 aromatic rings. The molecule has 4 aromatic carbocycles. The van der Waals surface area contributed by atoms with Crippen molar-refractivity contribution in [2.45, 2.75) is 0 Å². The molecule has 0 saturated carbocycles. The molecule has 178 valence electrons. The lowest BCUT2D eigenvalue weighted by Gasteiger charge is -2.10. The molecule has 0 amide bonds. The van der Waals surface area contributed by atoms with Gasteiger partial charge >= 0.3 is 0 Å². The maximum atomic E-state index is 4.49. The summed E-state index contributed by atoms with van der Waals surface area (Å²) in [5, 5.41) is 2.49. The summed E-state index contributed by atoms with van der Waals surface area (Å²) in [4.78, 5) is 17.5. The van der Waals surface area contributed by atoms with Gasteiger partial charge in [-0.2, -0.15) is 0 Å². The number of rotatable bonds is 3. The fourth-order valence-corrected chi connectivity index (χ4v) is 5.65. The maximum Gasteiger partial charge on any atom is 0.118 e. The highest BCUT2D eigenvalue weighted by molar-refractivity contribution is 6.15. The Morgan fingerprint density at radius 2 is 1.08 bits per heavy atom. The van der Waals surface area contributed by atoms with E-state index in [1.807, 2.05) is 12.4 Å². The molecular weight excluding hydrogens is 468 g/mol. The van der Waals surface area contributed by atoms with Crippen LogP contribution in [-0.4, -0.2) is 29.1 Å². The average molecular weight is 489 g/mol. The number of fused-ring (bicyclic) bond motifs is 6. The van der Waals surface area contributed by atoms with Crippen molar-refractivity contribution in [3.05, 3.63) is 122 Å². The van der Waals surface area contributed by atoms with E-state index in [9.17, 15) is 0 Å². The van der Waals surface area contributed by atoms with Gasteiger partial charge in [-0.25, -0.2) is 19.9 Å². The Labute approximate surface area is 217 Å². The average Bonchev–Trinajstić information content (AvgIpc) is 3.51. The highest BCUT2D eigenvalue weighted by atomic mass is 15.0. The Balaban J connectivity index is 1.34. The molecular formula is C32H20N6. The first kappa shape index (κ1) is 20.8. The molecule has 0 aliphatic rings. The van der Waals surface area contributed by atoms with E-state index in [1.54, 1.807) is 12.7 Å². The van der Waals surface area contributed by atoms with Crippen molar-refractivity contribution in [3.8, 4) is 22.5 Å². The second-order valence-corrected chi connectivity index (χ2v) is 9.28. The van der Waals surface area contributed by atoms with Crippen LogP contribution in [0.3, 0.4) is 0 Å². The molecule has 38 heavy (non-hydrogen) atoms. The molecule has 0 aliphatic heterocycles. The van der Waals surface area contributed by atoms with E-state index in [-0.39, 0.29) is 0 Å². The molecule has 0 spiro atoms. The second-order valence-electron chi connectivity index (χ2n) is 9.28. The van der Waals surface area contributed by atoms with E-state index in [0.717, 1.165) is 39.0 Å². The minimum Gasteiger partial charge on any atom is -0.309 e. The molecule has 0 aliphatic carbocycles. The lowest BCUT2D eigenvalue weighted by Crippen LogP contribution is -1.95. The molecule has 0 bridgehead atoms. The summed E-state index contributed by atoms with van der Waals surface area (Å²) in [6.45, 7) is 0. The zero-order chi connectivity index (χ0) is 25.1. The molecule has 8 rings (SSSR count). The first-order valence-corrected chi connectivity index (χ1v) is 12.5. The van der Waals surface area contributed by atoms with Crippen LogP contribution in [0.2, 0.25) is 0 Å². The van der Waals surface area contributed by atoms with Crippen LogP contribution in [0.4, 0.5) is 0 Å². The summed E-state index contributed by atoms with van der Waals surface area (Å²) in [6, 6.07) is 34.4. The van der Waals surface area contributed by atoms with Gasteiger partial charge in [-0.15, -0.1) is 0 Å². The molecule has 0 radical (unpaired) electrons. The number of hydrogen-bond donors (Lipinski definition) is 0. The van der Waals surface area contributed by atoms with E-state index in [4.69, 9.17) is 0 Å². The molecule has 4 heterocycles. The van der Waals surface area contributed by atoms with Gasteiger partial charge in [-0.3, -0.25) is 0 Å². The second kappa shape index (κ2) is 8.08. The predicted molar refractivity (Wildman–Crippen MR) is 152 cm³/mol. The number of aromatic nitrogens is 6. The Morgan fingerprint density at radius 1 is 0.474 bits per heavy atom. The third-order valence-electron chi connectivity index (χ3n) is 7.24. The van der Waals surface area contributed by atoms with Crippen molar-refractivity contribution >= 4 is 43.9 Å². The molecule has 0 atom stereocenters. The number of benzene rings is 4. The van der Waals surface area contributed by atoms with Gasteiger partial charge in [0.15, 0.2) is 0 Å². The van der Waals surface area contributed by atoms with Crippen molar-refractivity contribution in [2.75, 3.05) is 0 Å². The minimum absolute atomic E-state index is 0.819. The minimum atomic E-state index is 0.819. The van der Waals surface area contributed by atoms with Crippen LogP contribution in [0, 0.1) is 0 Å². The first-order valence-electron chi connectivity index (χ1n) is 12.5. The smallest absolute Gasteiger partial charge is 0.118 e. The van der Waals surface area contributed by atoms with E-state index >= 15 is 0 Å². The summed E-state index contributed by atoms with van der Waals surface area (Å²) in [5.41, 5.74) is 10.4. The van der Waals surface area contributed by atoms with E-state index in [2.05, 4.69) is 126 Å². The lowest BCUT2D eigenvalue weighted by atomic mass is 9.99. The van der Waals surface area contributed by atoms with Crippen LogP contribution in [0.25, 0.3) is 66.4 Å². The van der Waals surface area contributed by atoms with E-state index in [1.165, 1.54) is 27.4 Å². The topological polar surface area (TPSA) is 61.4 Å². The van der Waals surface area contributed by atoms with Crippen molar-refractivity contribution in [1.82, 2.24) is 29.1 Å². The SMILES string of the molecule is c1ccc(-n2c3ccccc3c3c(-c4ccc(-n5c6cncnc6c6ncncc65)cc4)cccc32)cc1. The summed E-state index contributed by atoms with van der Waals surface area (Å²) < 4.78 is 4.47. The van der Waals surface area contributed by atoms with Crippen molar-refractivity contribution < 1.29 is 0 Å². The van der Waals surface area contributed by atoms with Gasteiger partial charge in [0.2, 0.25) is 0 Å². The Morgan fingerprint density at radius 3 is 1.82 bits per heavy atom. The third kappa shape index (κ3) is 2.94. The van der Waals surface area contributed by atoms with Crippen LogP contribution in [-0.2, 0) is 0 Å². The molecule has 0 N–H and O–H groups in total. The van der Waals surface area contributed by atoms with E-state index in [0.29, 0.717) is 0 Å². The Hall–Kier alpha value is -5.36. The number of nitrogens with zero attached hydrogens (tertiary/aromatic N) is 6. The fraction of sp³-hybridized carbons (Fsp3) is 0. The summed E-state index contributed by atoms with van der Waals surface area (Å²) >= 11 is 0. The van der Waals surface area contributed by atoms with Crippen LogP contribution in [0.15, 0.2) is 122 Å². The monoisotopic (exact) mass is 488 g/mol. The molecule has 6 heteroatoms. The third-order valence-corrected chi connectivity index (χ3v) is 7.24. The van der Waals surface area contributed by atoms with Gasteiger partial charge in [0.1, 0.15) is 23.7 Å². The van der Waals surface area contributed by atoms with Crippen molar-refractivity contribution in [3.63, 3.8) is 0 Å². The molecule has 0 saturated heterocycles. The first-order chi connectivity index (χ1) is 18.9. The number of para-hydroxylation sites is 2. The zero-order valence-corrected chi connectivity index (χ0v) is 20.2. The fourth-order valence-electron chi connectivity index (χ4n) is 5.65. The summed E-state index contributed by atoms with van der Waals surface area (Å²) in [6.07, 6.45) is 6.78. The Bertz CT molecular complexity index is 2070. The lowest BCUT2D eigenvalue weighted by molar-refractivity contribution is 1.13. The van der Waals surface area contributed by atoms with Crippen LogP contribution in [0.5, 0.6) is 0 Å². The van der Waals surface area contributed by atoms with Crippen LogP contribution in [0.1, 0.15) is 0 Å². The zero-order valence-electron chi connectivity index (χ0n) is 20.2. The largest absolute Gasteiger partial charge is 0.309 e. The van der Waals surface area contributed by atoms with Crippen molar-refractivity contribution in [1.29, 1.82) is 0 Å². The van der Waals surface area contributed by atoms with Gasteiger partial charge in [-0.05, 0) is 47.5 Å². The molecule has 0 unspecified atom stereocenters. The van der Waals surface area contributed by atoms with Gasteiger partial charge in [0.05, 0.1) is 34.5 Å². The molecule has 4 aromatic heterocycles. The van der Waals surface area contributed by atoms with Crippen LogP contribution < -0.4 is 0 Å². The Kier molecular flexibility index (Phi) is 4.42. The number of hydrogen-bond acceptors (Lipinski definition) is 4. The van der Waals surface area contributed by atoms with Gasteiger partial charge in [-0.1, -0.05) is 60.7 Å². The van der Waals surface area contributed by atoms with Gasteiger partial charge in [0, 0.05) is 22.1 Å². The summed E-state index contributed by atoms with van der Waals surface area (Å²) in [7, 11) is 0. The normalized spacial score (nSPS) is 11.7. The van der Waals surface area contributed by atoms with Crippen molar-refractivity contribution in [2.24, 2.45) is 0 Å². The van der Waals surface area contributed by atoms with E-state index < -0.39 is 0 Å². The van der Waals surface area contributed by atoms with Crippen LogP contribution >= 0.6 is 0 Å². The summed E-state index contributed by atoms with van der Waals surface area (Å²) in [5.74, 6) is 0. The quantitative estimate of drug-likeness (QED) is 0.265. The maximum absolute atomic E-state index is 4.49. The standard InChI is InChI=1S/C32H20N6/c1-2-7-22(8-3-1)37-26-11-5-4-9-25(26)30-24(10-6-12-27(30)37)21-13-15-23(16-14-21)38-28-17-33-19-35-31(28)32-29(38)18-34-20-36-32/h1-20H. The molecule has 6 nitrogen and oxygen atoms in total. The molecule has 0 fully saturated rings. The highest BCUT2D eigenvalue weighted by Gasteiger charge is 2.17. The highest BCUT2D eigenvalue weighted by Crippen LogP contribution is 2.39. The van der Waals surface area contributed by atoms with Gasteiger partial charge < -0.3 is 9.13 Å². The predicted octanol–water partition coefficient (Wildman–Crippen LogP) is 7.13. The van der Waals surface area contributed by atoms with Gasteiger partial charge in [0.25, 0.3) is 0 Å².